The summed E-state index contributed by atoms with van der Waals surface area (Å²) in [6, 6.07) is 0. The Kier molecular flexibility index (Phi) is 2.08. The van der Waals surface area contributed by atoms with E-state index in [1.54, 1.807) is 0 Å². The number of carboxylic acids is 1. The van der Waals surface area contributed by atoms with Gasteiger partial charge in [0.1, 0.15) is 0 Å². The van der Waals surface area contributed by atoms with E-state index in [2.05, 4.69) is 10.2 Å². The molecule has 18 heavy (non-hydrogen) atoms. The molecule has 5 heteroatoms. The molecule has 0 aromatic carbocycles. The monoisotopic (exact) mass is 248 g/mol. The predicted molar refractivity (Wildman–Crippen MR) is 60.8 cm³/mol. The van der Waals surface area contributed by atoms with Crippen LogP contribution in [0.15, 0.2) is 4.42 Å². The van der Waals surface area contributed by atoms with Crippen LogP contribution < -0.4 is 0 Å². The van der Waals surface area contributed by atoms with Crippen LogP contribution in [0.25, 0.3) is 0 Å². The van der Waals surface area contributed by atoms with E-state index in [1.807, 2.05) is 0 Å². The van der Waals surface area contributed by atoms with E-state index >= 15 is 0 Å². The Balaban J connectivity index is 1.46. The lowest BCUT2D eigenvalue weighted by Gasteiger charge is -2.04. The van der Waals surface area contributed by atoms with Crippen molar-refractivity contribution in [2.75, 3.05) is 0 Å². The van der Waals surface area contributed by atoms with Gasteiger partial charge in [0.05, 0.1) is 6.42 Å². The van der Waals surface area contributed by atoms with Crippen molar-refractivity contribution in [1.29, 1.82) is 0 Å². The second kappa shape index (κ2) is 3.56. The molecule has 2 bridgehead atoms. The molecular weight excluding hydrogens is 232 g/mol. The normalized spacial score (nSPS) is 39.9. The van der Waals surface area contributed by atoms with E-state index in [0.717, 1.165) is 29.6 Å². The fourth-order valence-corrected chi connectivity index (χ4v) is 4.37. The summed E-state index contributed by atoms with van der Waals surface area (Å²) in [5.74, 6) is 4.26. The molecular formula is C13H16N2O3. The van der Waals surface area contributed by atoms with Crippen LogP contribution in [-0.2, 0) is 11.2 Å². The van der Waals surface area contributed by atoms with Gasteiger partial charge in [0.15, 0.2) is 0 Å². The minimum atomic E-state index is -0.823. The summed E-state index contributed by atoms with van der Waals surface area (Å²) < 4.78 is 5.63. The van der Waals surface area contributed by atoms with Gasteiger partial charge in [-0.15, -0.1) is 10.2 Å². The van der Waals surface area contributed by atoms with Crippen molar-refractivity contribution in [1.82, 2.24) is 10.2 Å². The lowest BCUT2D eigenvalue weighted by Crippen LogP contribution is -1.97. The zero-order valence-corrected chi connectivity index (χ0v) is 10.1. The van der Waals surface area contributed by atoms with Crippen LogP contribution >= 0.6 is 0 Å². The van der Waals surface area contributed by atoms with Gasteiger partial charge in [-0.05, 0) is 42.9 Å². The molecule has 0 saturated heterocycles. The highest BCUT2D eigenvalue weighted by Crippen LogP contribution is 2.72. The average molecular weight is 248 g/mol. The molecule has 5 nitrogen and oxygen atoms in total. The number of aliphatic carboxylic acids is 1. The van der Waals surface area contributed by atoms with Gasteiger partial charge in [-0.2, -0.15) is 0 Å². The molecule has 1 aromatic rings. The lowest BCUT2D eigenvalue weighted by atomic mass is 10.0. The molecule has 3 fully saturated rings. The SMILES string of the molecule is O=C(O)CCc1nnc(C2C3C4CCC(C4)C23)o1. The summed E-state index contributed by atoms with van der Waals surface area (Å²) >= 11 is 0. The van der Waals surface area contributed by atoms with Crippen LogP contribution in [0.1, 0.15) is 43.4 Å². The first-order chi connectivity index (χ1) is 8.74. The fourth-order valence-electron chi connectivity index (χ4n) is 4.37. The number of rotatable bonds is 4. The van der Waals surface area contributed by atoms with Gasteiger partial charge in [-0.25, -0.2) is 0 Å². The van der Waals surface area contributed by atoms with Crippen molar-refractivity contribution < 1.29 is 14.3 Å². The molecule has 0 radical (unpaired) electrons. The molecule has 96 valence electrons. The van der Waals surface area contributed by atoms with Gasteiger partial charge in [-0.3, -0.25) is 4.79 Å². The molecule has 3 aliphatic rings. The Labute approximate surface area is 105 Å². The smallest absolute Gasteiger partial charge is 0.303 e. The van der Waals surface area contributed by atoms with Gasteiger partial charge in [0.2, 0.25) is 11.8 Å². The Morgan fingerprint density at radius 2 is 2.00 bits per heavy atom. The van der Waals surface area contributed by atoms with E-state index in [-0.39, 0.29) is 6.42 Å². The highest BCUT2D eigenvalue weighted by atomic mass is 16.4. The van der Waals surface area contributed by atoms with E-state index < -0.39 is 5.97 Å². The first-order valence-electron chi connectivity index (χ1n) is 6.78. The summed E-state index contributed by atoms with van der Waals surface area (Å²) in [7, 11) is 0. The molecule has 1 heterocycles. The Hall–Kier alpha value is -1.39. The highest BCUT2D eigenvalue weighted by Gasteiger charge is 2.67. The molecule has 0 spiro atoms. The van der Waals surface area contributed by atoms with Crippen molar-refractivity contribution in [3.05, 3.63) is 11.8 Å². The van der Waals surface area contributed by atoms with Crippen LogP contribution in [0.2, 0.25) is 0 Å². The lowest BCUT2D eigenvalue weighted by molar-refractivity contribution is -0.137. The third-order valence-electron chi connectivity index (χ3n) is 5.06. The minimum absolute atomic E-state index is 0.0599. The van der Waals surface area contributed by atoms with E-state index in [0.29, 0.717) is 18.2 Å². The molecule has 4 rings (SSSR count). The number of fused-ring (bicyclic) bond motifs is 5. The van der Waals surface area contributed by atoms with Crippen LogP contribution in [0.4, 0.5) is 0 Å². The Morgan fingerprint density at radius 1 is 1.28 bits per heavy atom. The molecule has 1 aromatic heterocycles. The predicted octanol–water partition coefficient (Wildman–Crippen LogP) is 1.85. The summed E-state index contributed by atoms with van der Waals surface area (Å²) in [5.41, 5.74) is 0. The molecule has 1 N–H and O–H groups in total. The summed E-state index contributed by atoms with van der Waals surface area (Å²) in [6.07, 6.45) is 4.57. The van der Waals surface area contributed by atoms with Crippen molar-refractivity contribution in [3.8, 4) is 0 Å². The van der Waals surface area contributed by atoms with Crippen LogP contribution in [0.3, 0.4) is 0 Å². The maximum atomic E-state index is 10.5. The molecule has 4 unspecified atom stereocenters. The van der Waals surface area contributed by atoms with E-state index in [4.69, 9.17) is 9.52 Å². The van der Waals surface area contributed by atoms with Crippen molar-refractivity contribution in [2.45, 2.75) is 38.0 Å². The van der Waals surface area contributed by atoms with E-state index in [9.17, 15) is 4.79 Å². The molecule has 3 saturated carbocycles. The maximum absolute atomic E-state index is 10.5. The number of carbonyl (C=O) groups is 1. The third kappa shape index (κ3) is 1.42. The number of aryl methyl sites for hydroxylation is 1. The van der Waals surface area contributed by atoms with E-state index in [1.165, 1.54) is 19.3 Å². The zero-order valence-electron chi connectivity index (χ0n) is 10.1. The van der Waals surface area contributed by atoms with Gasteiger partial charge in [-0.1, -0.05) is 0 Å². The van der Waals surface area contributed by atoms with Crippen molar-refractivity contribution in [2.24, 2.45) is 23.7 Å². The van der Waals surface area contributed by atoms with Crippen LogP contribution in [0.5, 0.6) is 0 Å². The van der Waals surface area contributed by atoms with Crippen molar-refractivity contribution >= 4 is 5.97 Å². The van der Waals surface area contributed by atoms with Gasteiger partial charge < -0.3 is 9.52 Å². The number of nitrogens with zero attached hydrogens (tertiary/aromatic N) is 2. The summed E-state index contributed by atoms with van der Waals surface area (Å²) in [6.45, 7) is 0. The standard InChI is InChI=1S/C13H16N2O3/c16-9(17)4-3-8-14-15-13(18-8)12-10-6-1-2-7(5-6)11(10)12/h6-7,10-12H,1-5H2,(H,16,17). The van der Waals surface area contributed by atoms with Gasteiger partial charge in [0.25, 0.3) is 0 Å². The van der Waals surface area contributed by atoms with Gasteiger partial charge in [0, 0.05) is 12.3 Å². The van der Waals surface area contributed by atoms with Crippen molar-refractivity contribution in [3.63, 3.8) is 0 Å². The number of aromatic nitrogens is 2. The van der Waals surface area contributed by atoms with Gasteiger partial charge >= 0.3 is 5.97 Å². The summed E-state index contributed by atoms with van der Waals surface area (Å²) in [5, 5.41) is 16.7. The maximum Gasteiger partial charge on any atom is 0.303 e. The number of hydrogen-bond donors (Lipinski definition) is 1. The highest BCUT2D eigenvalue weighted by molar-refractivity contribution is 5.66. The fraction of sp³-hybridized carbons (Fsp3) is 0.769. The Morgan fingerprint density at radius 3 is 2.67 bits per heavy atom. The zero-order chi connectivity index (χ0) is 12.3. The molecule has 0 amide bonds. The topological polar surface area (TPSA) is 76.2 Å². The quantitative estimate of drug-likeness (QED) is 0.879. The van der Waals surface area contributed by atoms with Crippen LogP contribution in [0, 0.1) is 23.7 Å². The molecule has 3 aliphatic carbocycles. The number of hydrogen-bond acceptors (Lipinski definition) is 4. The Bertz CT molecular complexity index is 482. The molecule has 4 atom stereocenters. The first kappa shape index (κ1) is 10.5. The first-order valence-corrected chi connectivity index (χ1v) is 6.78. The average Bonchev–Trinajstić information content (AvgIpc) is 2.77. The van der Waals surface area contributed by atoms with Crippen LogP contribution in [-0.4, -0.2) is 21.3 Å². The molecule has 0 aliphatic heterocycles. The number of carboxylic acid groups (broad SMARTS) is 1. The second-order valence-electron chi connectivity index (χ2n) is 5.94. The summed E-state index contributed by atoms with van der Waals surface area (Å²) in [4.78, 5) is 10.5. The second-order valence-corrected chi connectivity index (χ2v) is 5.94. The minimum Gasteiger partial charge on any atom is -0.481 e. The third-order valence-corrected chi connectivity index (χ3v) is 5.06. The largest absolute Gasteiger partial charge is 0.481 e.